The first-order chi connectivity index (χ1) is 13.0. The Morgan fingerprint density at radius 2 is 1.96 bits per heavy atom. The summed E-state index contributed by atoms with van der Waals surface area (Å²) < 4.78 is 8.32. The zero-order valence-corrected chi connectivity index (χ0v) is 17.1. The summed E-state index contributed by atoms with van der Waals surface area (Å²) in [7, 11) is 1.74. The third kappa shape index (κ3) is 4.54. The lowest BCUT2D eigenvalue weighted by Gasteiger charge is -2.16. The molecule has 3 aromatic rings. The maximum atomic E-state index is 12.7. The highest BCUT2D eigenvalue weighted by Crippen LogP contribution is 2.18. The number of rotatable bonds is 6. The Morgan fingerprint density at radius 3 is 2.70 bits per heavy atom. The molecular weight excluding hydrogens is 408 g/mol. The van der Waals surface area contributed by atoms with Crippen molar-refractivity contribution in [2.75, 3.05) is 20.2 Å². The summed E-state index contributed by atoms with van der Waals surface area (Å²) in [6.45, 7) is 4.71. The van der Waals surface area contributed by atoms with Crippen LogP contribution >= 0.6 is 15.9 Å². The second-order valence-corrected chi connectivity index (χ2v) is 7.22. The van der Waals surface area contributed by atoms with Gasteiger partial charge in [0.15, 0.2) is 5.69 Å². The fraction of sp³-hybridized carbons (Fsp3) is 0.250. The fourth-order valence-corrected chi connectivity index (χ4v) is 3.05. The van der Waals surface area contributed by atoms with E-state index < -0.39 is 0 Å². The lowest BCUT2D eigenvalue weighted by Crippen LogP contribution is -2.31. The molecule has 0 aliphatic rings. The summed E-state index contributed by atoms with van der Waals surface area (Å²) in [5, 5.41) is 8.22. The normalized spacial score (nSPS) is 10.7. The topological polar surface area (TPSA) is 60.2 Å². The van der Waals surface area contributed by atoms with Gasteiger partial charge >= 0.3 is 0 Å². The third-order valence-electron chi connectivity index (χ3n) is 4.18. The predicted octanol–water partition coefficient (Wildman–Crippen LogP) is 3.80. The molecule has 1 amide bonds. The van der Waals surface area contributed by atoms with Gasteiger partial charge in [-0.15, -0.1) is 5.10 Å². The molecule has 1 aromatic heterocycles. The van der Waals surface area contributed by atoms with Gasteiger partial charge in [-0.3, -0.25) is 4.79 Å². The zero-order chi connectivity index (χ0) is 19.4. The van der Waals surface area contributed by atoms with Crippen LogP contribution in [0.3, 0.4) is 0 Å². The predicted molar refractivity (Wildman–Crippen MR) is 107 cm³/mol. The molecule has 0 unspecified atom stereocenters. The largest absolute Gasteiger partial charge is 0.492 e. The molecule has 140 valence electrons. The van der Waals surface area contributed by atoms with Crippen molar-refractivity contribution >= 4 is 21.8 Å². The number of amides is 1. The second-order valence-electron chi connectivity index (χ2n) is 6.31. The van der Waals surface area contributed by atoms with Crippen LogP contribution in [0.5, 0.6) is 5.75 Å². The zero-order valence-electron chi connectivity index (χ0n) is 15.5. The van der Waals surface area contributed by atoms with Gasteiger partial charge in [0.1, 0.15) is 12.4 Å². The number of aromatic nitrogens is 3. The molecule has 3 rings (SSSR count). The molecule has 6 nitrogen and oxygen atoms in total. The Morgan fingerprint density at radius 1 is 1.19 bits per heavy atom. The van der Waals surface area contributed by atoms with E-state index in [0.717, 1.165) is 21.5 Å². The lowest BCUT2D eigenvalue weighted by molar-refractivity contribution is 0.0767. The number of aryl methyl sites for hydroxylation is 1. The highest BCUT2D eigenvalue weighted by molar-refractivity contribution is 9.10. The summed E-state index contributed by atoms with van der Waals surface area (Å²) in [4.78, 5) is 14.3. The minimum Gasteiger partial charge on any atom is -0.492 e. The fourth-order valence-electron chi connectivity index (χ4n) is 2.67. The monoisotopic (exact) mass is 428 g/mol. The van der Waals surface area contributed by atoms with E-state index in [9.17, 15) is 4.79 Å². The molecule has 0 saturated carbocycles. The highest BCUT2D eigenvalue weighted by Gasteiger charge is 2.20. The van der Waals surface area contributed by atoms with E-state index in [2.05, 4.69) is 26.2 Å². The molecule has 0 bridgehead atoms. The van der Waals surface area contributed by atoms with Crippen molar-refractivity contribution in [2.45, 2.75) is 13.8 Å². The maximum absolute atomic E-state index is 12.7. The Hall–Kier alpha value is -2.67. The standard InChI is InChI=1S/C20H21BrN4O2/c1-14-6-4-9-18(12-14)27-11-10-24(3)20(26)19-15(2)25(23-22-19)17-8-5-7-16(21)13-17/h4-9,12-13H,10-11H2,1-3H3. The van der Waals surface area contributed by atoms with Gasteiger partial charge in [0.05, 0.1) is 17.9 Å². The number of likely N-dealkylation sites (N-methyl/N-ethyl adjacent to an activating group) is 1. The molecule has 0 fully saturated rings. The maximum Gasteiger partial charge on any atom is 0.276 e. The molecular formula is C20H21BrN4O2. The van der Waals surface area contributed by atoms with Crippen molar-refractivity contribution in [1.82, 2.24) is 19.9 Å². The van der Waals surface area contributed by atoms with Crippen LogP contribution in [0.2, 0.25) is 0 Å². The van der Waals surface area contributed by atoms with Gasteiger partial charge in [-0.25, -0.2) is 4.68 Å². The number of hydrogen-bond acceptors (Lipinski definition) is 4. The van der Waals surface area contributed by atoms with Crippen LogP contribution in [0.1, 0.15) is 21.7 Å². The summed E-state index contributed by atoms with van der Waals surface area (Å²) in [6.07, 6.45) is 0. The number of ether oxygens (including phenoxy) is 1. The van der Waals surface area contributed by atoms with Crippen molar-refractivity contribution in [1.29, 1.82) is 0 Å². The van der Waals surface area contributed by atoms with Crippen LogP contribution in [0.15, 0.2) is 53.0 Å². The Kier molecular flexibility index (Phi) is 5.91. The van der Waals surface area contributed by atoms with Crippen LogP contribution in [0.4, 0.5) is 0 Å². The van der Waals surface area contributed by atoms with E-state index in [1.165, 1.54) is 0 Å². The smallest absolute Gasteiger partial charge is 0.276 e. The van der Waals surface area contributed by atoms with E-state index in [1.807, 2.05) is 62.4 Å². The molecule has 0 atom stereocenters. The third-order valence-corrected chi connectivity index (χ3v) is 4.67. The van der Waals surface area contributed by atoms with Crippen LogP contribution in [0, 0.1) is 13.8 Å². The SMILES string of the molecule is Cc1cccc(OCCN(C)C(=O)c2nnn(-c3cccc(Br)c3)c2C)c1. The Labute approximate surface area is 166 Å². The van der Waals surface area contributed by atoms with Crippen LogP contribution in [-0.2, 0) is 0 Å². The van der Waals surface area contributed by atoms with E-state index in [4.69, 9.17) is 4.74 Å². The van der Waals surface area contributed by atoms with E-state index in [0.29, 0.717) is 24.5 Å². The van der Waals surface area contributed by atoms with Crippen molar-refractivity contribution in [2.24, 2.45) is 0 Å². The van der Waals surface area contributed by atoms with Crippen LogP contribution < -0.4 is 4.74 Å². The minimum atomic E-state index is -0.179. The minimum absolute atomic E-state index is 0.179. The summed E-state index contributed by atoms with van der Waals surface area (Å²) in [5.41, 5.74) is 3.02. The average Bonchev–Trinajstić information content (AvgIpc) is 3.02. The van der Waals surface area contributed by atoms with Gasteiger partial charge in [-0.05, 0) is 49.7 Å². The quantitative estimate of drug-likeness (QED) is 0.598. The Bertz CT molecular complexity index is 955. The number of carbonyl (C=O) groups excluding carboxylic acids is 1. The summed E-state index contributed by atoms with van der Waals surface area (Å²) >= 11 is 3.44. The van der Waals surface area contributed by atoms with Crippen LogP contribution in [0.25, 0.3) is 5.69 Å². The average molecular weight is 429 g/mol. The molecule has 0 N–H and O–H groups in total. The molecule has 0 saturated heterocycles. The van der Waals surface area contributed by atoms with Crippen molar-refractivity contribution in [3.05, 3.63) is 70.0 Å². The van der Waals surface area contributed by atoms with E-state index in [-0.39, 0.29) is 5.91 Å². The number of halogens is 1. The van der Waals surface area contributed by atoms with Gasteiger partial charge in [0.2, 0.25) is 0 Å². The second kappa shape index (κ2) is 8.35. The highest BCUT2D eigenvalue weighted by atomic mass is 79.9. The number of carbonyl (C=O) groups is 1. The number of benzene rings is 2. The van der Waals surface area contributed by atoms with Gasteiger partial charge < -0.3 is 9.64 Å². The first kappa shape index (κ1) is 19.1. The van der Waals surface area contributed by atoms with Crippen molar-refractivity contribution in [3.63, 3.8) is 0 Å². The molecule has 0 aliphatic heterocycles. The lowest BCUT2D eigenvalue weighted by atomic mass is 10.2. The molecule has 0 aliphatic carbocycles. The van der Waals surface area contributed by atoms with Crippen molar-refractivity contribution < 1.29 is 9.53 Å². The molecule has 0 spiro atoms. The molecule has 27 heavy (non-hydrogen) atoms. The van der Waals surface area contributed by atoms with Gasteiger partial charge in [-0.1, -0.05) is 39.3 Å². The summed E-state index contributed by atoms with van der Waals surface area (Å²) in [5.74, 6) is 0.620. The van der Waals surface area contributed by atoms with Gasteiger partial charge in [0.25, 0.3) is 5.91 Å². The first-order valence-electron chi connectivity index (χ1n) is 8.59. The van der Waals surface area contributed by atoms with Gasteiger partial charge in [-0.2, -0.15) is 0 Å². The summed E-state index contributed by atoms with van der Waals surface area (Å²) in [6, 6.07) is 15.5. The molecule has 2 aromatic carbocycles. The number of hydrogen-bond donors (Lipinski definition) is 0. The van der Waals surface area contributed by atoms with Crippen molar-refractivity contribution in [3.8, 4) is 11.4 Å². The number of nitrogens with zero attached hydrogens (tertiary/aromatic N) is 4. The van der Waals surface area contributed by atoms with E-state index in [1.54, 1.807) is 16.6 Å². The molecule has 1 heterocycles. The first-order valence-corrected chi connectivity index (χ1v) is 9.38. The van der Waals surface area contributed by atoms with E-state index >= 15 is 0 Å². The molecule has 0 radical (unpaired) electrons. The van der Waals surface area contributed by atoms with Crippen LogP contribution in [-0.4, -0.2) is 46.0 Å². The van der Waals surface area contributed by atoms with Gasteiger partial charge in [0, 0.05) is 11.5 Å². The molecule has 7 heteroatoms. The Balaban J connectivity index is 1.65.